The number of nitrogens with zero attached hydrogens (tertiary/aromatic N) is 4. The minimum Gasteiger partial charge on any atom is -0.464 e. The van der Waals surface area contributed by atoms with Gasteiger partial charge in [-0.3, -0.25) is 9.36 Å². The average molecular weight is 419 g/mol. The smallest absolute Gasteiger partial charge is 0.416 e. The van der Waals surface area contributed by atoms with Gasteiger partial charge in [-0.05, 0) is 32.0 Å². The van der Waals surface area contributed by atoms with Crippen LogP contribution in [0.4, 0.5) is 30.9 Å². The molecule has 0 saturated heterocycles. The Kier molecular flexibility index (Phi) is 5.40. The van der Waals surface area contributed by atoms with Crippen LogP contribution in [0.5, 0.6) is 0 Å². The van der Waals surface area contributed by atoms with Crippen LogP contribution >= 0.6 is 0 Å². The van der Waals surface area contributed by atoms with Crippen molar-refractivity contribution >= 4 is 34.4 Å². The molecule has 0 aliphatic carbocycles. The number of aryl methyl sites for hydroxylation is 1. The topological polar surface area (TPSA) is 121 Å². The Morgan fingerprint density at radius 3 is 2.57 bits per heavy atom. The number of carboxylic acid groups (broad SMARTS) is 1. The number of aliphatic hydroxyl groups is 1. The molecule has 3 N–H and O–H groups in total. The van der Waals surface area contributed by atoms with Gasteiger partial charge in [0.1, 0.15) is 23.0 Å². The third kappa shape index (κ3) is 3.92. The highest BCUT2D eigenvalue weighted by Crippen LogP contribution is 2.28. The fraction of sp³-hybridized carbons (Fsp3) is 0.263. The number of pyridine rings is 1. The lowest BCUT2D eigenvalue weighted by atomic mass is 10.1. The van der Waals surface area contributed by atoms with E-state index >= 15 is 0 Å². The van der Waals surface area contributed by atoms with E-state index in [0.29, 0.717) is 16.4 Å². The van der Waals surface area contributed by atoms with E-state index in [0.717, 1.165) is 16.7 Å². The molecule has 158 valence electrons. The normalized spacial score (nSPS) is 11.5. The van der Waals surface area contributed by atoms with Gasteiger partial charge in [-0.15, -0.1) is 0 Å². The first-order valence-corrected chi connectivity index (χ1v) is 8.78. The molecule has 1 aromatic carbocycles. The number of anilines is 3. The van der Waals surface area contributed by atoms with Crippen molar-refractivity contribution in [3.05, 3.63) is 52.5 Å². The molecular formula is C19H19F2N5O4. The van der Waals surface area contributed by atoms with Crippen molar-refractivity contribution in [3.8, 4) is 0 Å². The molecule has 2 heterocycles. The zero-order valence-electron chi connectivity index (χ0n) is 16.3. The van der Waals surface area contributed by atoms with Gasteiger partial charge >= 0.3 is 6.09 Å². The Hall–Kier alpha value is -3.60. The minimum absolute atomic E-state index is 0.156. The van der Waals surface area contributed by atoms with Crippen LogP contribution in [0.1, 0.15) is 13.8 Å². The summed E-state index contributed by atoms with van der Waals surface area (Å²) >= 11 is 0. The number of rotatable bonds is 5. The van der Waals surface area contributed by atoms with Crippen LogP contribution in [-0.4, -0.2) is 43.0 Å². The number of nitrogens with one attached hydrogen (secondary N) is 1. The molecule has 0 saturated carbocycles. The van der Waals surface area contributed by atoms with Gasteiger partial charge in [0, 0.05) is 24.7 Å². The highest BCUT2D eigenvalue weighted by molar-refractivity contribution is 5.96. The first-order valence-electron chi connectivity index (χ1n) is 8.78. The zero-order valence-corrected chi connectivity index (χ0v) is 16.3. The molecule has 0 aliphatic rings. The Balaban J connectivity index is 2.17. The molecule has 0 aliphatic heterocycles. The lowest BCUT2D eigenvalue weighted by Gasteiger charge is -2.24. The van der Waals surface area contributed by atoms with Gasteiger partial charge in [-0.25, -0.2) is 23.5 Å². The summed E-state index contributed by atoms with van der Waals surface area (Å²) in [6.07, 6.45) is -0.261. The van der Waals surface area contributed by atoms with Crippen molar-refractivity contribution < 1.29 is 23.8 Å². The molecule has 0 unspecified atom stereocenters. The SMILES string of the molecule is Cn1c(=O)c(N(C(=O)O)c2ccc(F)cc2F)cc2cnc(NC(C)(C)CO)nc21. The van der Waals surface area contributed by atoms with Crippen molar-refractivity contribution in [2.45, 2.75) is 19.4 Å². The number of carbonyl (C=O) groups is 1. The molecule has 0 radical (unpaired) electrons. The molecule has 0 bridgehead atoms. The van der Waals surface area contributed by atoms with Crippen molar-refractivity contribution in [3.63, 3.8) is 0 Å². The van der Waals surface area contributed by atoms with Gasteiger partial charge in [0.25, 0.3) is 5.56 Å². The number of aliphatic hydroxyl groups excluding tert-OH is 1. The summed E-state index contributed by atoms with van der Waals surface area (Å²) in [7, 11) is 1.38. The van der Waals surface area contributed by atoms with Crippen molar-refractivity contribution in [2.24, 2.45) is 7.05 Å². The Bertz CT molecular complexity index is 1200. The van der Waals surface area contributed by atoms with E-state index < -0.39 is 34.5 Å². The number of fused-ring (bicyclic) bond motifs is 1. The summed E-state index contributed by atoms with van der Waals surface area (Å²) in [6.45, 7) is 3.26. The lowest BCUT2D eigenvalue weighted by Crippen LogP contribution is -2.36. The standard InChI is InChI=1S/C19H19F2N5O4/c1-19(2,9-27)24-17-22-8-10-6-14(16(28)25(3)15(10)23-17)26(18(29)30)13-5-4-11(20)7-12(13)21/h4-8,27H,9H2,1-3H3,(H,29,30)(H,22,23,24). The van der Waals surface area contributed by atoms with Crippen molar-refractivity contribution in [2.75, 3.05) is 16.8 Å². The third-order valence-corrected chi connectivity index (χ3v) is 4.36. The molecular weight excluding hydrogens is 400 g/mol. The number of hydrogen-bond acceptors (Lipinski definition) is 6. The van der Waals surface area contributed by atoms with Gasteiger partial charge in [-0.2, -0.15) is 4.98 Å². The van der Waals surface area contributed by atoms with Crippen LogP contribution in [-0.2, 0) is 7.05 Å². The fourth-order valence-corrected chi connectivity index (χ4v) is 2.79. The Labute approximate surface area is 169 Å². The maximum atomic E-state index is 14.2. The summed E-state index contributed by atoms with van der Waals surface area (Å²) in [5.74, 6) is -1.86. The molecule has 2 aromatic heterocycles. The lowest BCUT2D eigenvalue weighted by molar-refractivity contribution is 0.204. The van der Waals surface area contributed by atoms with Crippen LogP contribution in [0.25, 0.3) is 11.0 Å². The quantitative estimate of drug-likeness (QED) is 0.581. The van der Waals surface area contributed by atoms with Crippen LogP contribution in [0, 0.1) is 11.6 Å². The summed E-state index contributed by atoms with van der Waals surface area (Å²) < 4.78 is 28.6. The minimum atomic E-state index is -1.62. The fourth-order valence-electron chi connectivity index (χ4n) is 2.79. The third-order valence-electron chi connectivity index (χ3n) is 4.36. The summed E-state index contributed by atoms with van der Waals surface area (Å²) in [5, 5.41) is 22.2. The van der Waals surface area contributed by atoms with Crippen LogP contribution in [0.3, 0.4) is 0 Å². The van der Waals surface area contributed by atoms with E-state index in [1.54, 1.807) is 13.8 Å². The van der Waals surface area contributed by atoms with Gasteiger partial charge in [-0.1, -0.05) is 0 Å². The number of amides is 1. The number of benzene rings is 1. The highest BCUT2D eigenvalue weighted by atomic mass is 19.1. The van der Waals surface area contributed by atoms with E-state index in [9.17, 15) is 28.6 Å². The molecule has 9 nitrogen and oxygen atoms in total. The maximum Gasteiger partial charge on any atom is 0.416 e. The van der Waals surface area contributed by atoms with Gasteiger partial charge < -0.3 is 15.5 Å². The zero-order chi connectivity index (χ0) is 22.2. The second-order valence-electron chi connectivity index (χ2n) is 7.25. The predicted molar refractivity (Wildman–Crippen MR) is 106 cm³/mol. The molecule has 11 heteroatoms. The van der Waals surface area contributed by atoms with E-state index in [4.69, 9.17) is 0 Å². The van der Waals surface area contributed by atoms with Crippen LogP contribution in [0.2, 0.25) is 0 Å². The molecule has 0 spiro atoms. The predicted octanol–water partition coefficient (Wildman–Crippen LogP) is 2.61. The average Bonchev–Trinajstić information content (AvgIpc) is 2.67. The molecule has 0 atom stereocenters. The van der Waals surface area contributed by atoms with E-state index in [1.165, 1.54) is 19.3 Å². The second-order valence-corrected chi connectivity index (χ2v) is 7.25. The molecule has 0 fully saturated rings. The monoisotopic (exact) mass is 419 g/mol. The Morgan fingerprint density at radius 2 is 1.97 bits per heavy atom. The largest absolute Gasteiger partial charge is 0.464 e. The number of hydrogen-bond donors (Lipinski definition) is 3. The summed E-state index contributed by atoms with van der Waals surface area (Å²) in [4.78, 5) is 33.5. The van der Waals surface area contributed by atoms with E-state index in [2.05, 4.69) is 15.3 Å². The highest BCUT2D eigenvalue weighted by Gasteiger charge is 2.25. The van der Waals surface area contributed by atoms with Crippen molar-refractivity contribution in [1.29, 1.82) is 0 Å². The van der Waals surface area contributed by atoms with Gasteiger partial charge in [0.2, 0.25) is 5.95 Å². The second kappa shape index (κ2) is 7.67. The maximum absolute atomic E-state index is 14.2. The van der Waals surface area contributed by atoms with E-state index in [1.807, 2.05) is 0 Å². The summed E-state index contributed by atoms with van der Waals surface area (Å²) in [5.41, 5.74) is -2.15. The molecule has 3 rings (SSSR count). The van der Waals surface area contributed by atoms with Crippen LogP contribution < -0.4 is 15.8 Å². The summed E-state index contributed by atoms with van der Waals surface area (Å²) in [6, 6.07) is 3.57. The first kappa shape index (κ1) is 21.1. The van der Waals surface area contributed by atoms with Gasteiger partial charge in [0.05, 0.1) is 17.8 Å². The van der Waals surface area contributed by atoms with E-state index in [-0.39, 0.29) is 23.9 Å². The van der Waals surface area contributed by atoms with Gasteiger partial charge in [0.15, 0.2) is 0 Å². The molecule has 3 aromatic rings. The van der Waals surface area contributed by atoms with Crippen molar-refractivity contribution in [1.82, 2.24) is 14.5 Å². The number of halogens is 2. The Morgan fingerprint density at radius 1 is 1.27 bits per heavy atom. The van der Waals surface area contributed by atoms with Crippen LogP contribution in [0.15, 0.2) is 35.3 Å². The molecule has 1 amide bonds. The molecule has 30 heavy (non-hydrogen) atoms. The number of aromatic nitrogens is 3. The first-order chi connectivity index (χ1) is 14.0.